The van der Waals surface area contributed by atoms with Crippen LogP contribution in [0.5, 0.6) is 0 Å². The first kappa shape index (κ1) is 15.5. The molecule has 2 atom stereocenters. The molecule has 1 amide bonds. The number of nitrogens with zero attached hydrogens (tertiary/aromatic N) is 1. The van der Waals surface area contributed by atoms with Crippen molar-refractivity contribution in [3.63, 3.8) is 0 Å². The van der Waals surface area contributed by atoms with E-state index in [-0.39, 0.29) is 17.4 Å². The number of piperidine rings is 1. The second-order valence-electron chi connectivity index (χ2n) is 6.78. The number of hydrogen-bond acceptors (Lipinski definition) is 3. The maximum absolute atomic E-state index is 12.6. The maximum atomic E-state index is 12.6. The van der Waals surface area contributed by atoms with Crippen LogP contribution >= 0.6 is 0 Å². The largest absolute Gasteiger partial charge is 0.378 e. The van der Waals surface area contributed by atoms with Gasteiger partial charge >= 0.3 is 0 Å². The molecule has 0 aromatic heterocycles. The molecule has 4 heteroatoms. The Labute approximate surface area is 132 Å². The molecule has 2 fully saturated rings. The number of carbonyl (C=O) groups excluding carboxylic acids is 1. The Bertz CT molecular complexity index is 499. The van der Waals surface area contributed by atoms with Crippen molar-refractivity contribution in [1.29, 1.82) is 0 Å². The number of ether oxygens (including phenoxy) is 1. The van der Waals surface area contributed by atoms with Gasteiger partial charge in [-0.1, -0.05) is 37.3 Å². The number of nitrogens with one attached hydrogen (secondary N) is 1. The second-order valence-corrected chi connectivity index (χ2v) is 6.78. The molecule has 1 N–H and O–H groups in total. The SMILES string of the molecule is CC1(c2ccccc2)CCCN(C(=O)CC2COCCN2)C1. The van der Waals surface area contributed by atoms with Gasteiger partial charge < -0.3 is 15.0 Å². The number of hydrogen-bond donors (Lipinski definition) is 1. The number of rotatable bonds is 3. The zero-order valence-electron chi connectivity index (χ0n) is 13.4. The van der Waals surface area contributed by atoms with Crippen LogP contribution in [0.1, 0.15) is 31.7 Å². The lowest BCUT2D eigenvalue weighted by atomic mass is 9.76. The summed E-state index contributed by atoms with van der Waals surface area (Å²) in [7, 11) is 0. The van der Waals surface area contributed by atoms with Crippen LogP contribution < -0.4 is 5.32 Å². The van der Waals surface area contributed by atoms with Crippen LogP contribution in [-0.2, 0) is 14.9 Å². The van der Waals surface area contributed by atoms with E-state index in [4.69, 9.17) is 4.74 Å². The van der Waals surface area contributed by atoms with Crippen molar-refractivity contribution >= 4 is 5.91 Å². The third-order valence-corrected chi connectivity index (χ3v) is 4.94. The highest BCUT2D eigenvalue weighted by Crippen LogP contribution is 2.33. The lowest BCUT2D eigenvalue weighted by Crippen LogP contribution is -2.50. The Balaban J connectivity index is 1.63. The summed E-state index contributed by atoms with van der Waals surface area (Å²) in [6.07, 6.45) is 2.77. The fourth-order valence-electron chi connectivity index (χ4n) is 3.62. The minimum atomic E-state index is 0.0751. The van der Waals surface area contributed by atoms with Gasteiger partial charge in [0, 0.05) is 37.5 Å². The smallest absolute Gasteiger partial charge is 0.224 e. The molecule has 2 heterocycles. The predicted octanol–water partition coefficient (Wildman–Crippen LogP) is 1.95. The van der Waals surface area contributed by atoms with E-state index in [1.165, 1.54) is 5.56 Å². The molecule has 2 saturated heterocycles. The van der Waals surface area contributed by atoms with E-state index < -0.39 is 0 Å². The molecule has 0 saturated carbocycles. The lowest BCUT2D eigenvalue weighted by molar-refractivity contribution is -0.134. The van der Waals surface area contributed by atoms with Crippen molar-refractivity contribution in [1.82, 2.24) is 10.2 Å². The quantitative estimate of drug-likeness (QED) is 0.928. The Morgan fingerprint density at radius 2 is 2.23 bits per heavy atom. The molecule has 2 unspecified atom stereocenters. The van der Waals surface area contributed by atoms with Gasteiger partial charge in [0.2, 0.25) is 5.91 Å². The summed E-state index contributed by atoms with van der Waals surface area (Å²) < 4.78 is 5.45. The van der Waals surface area contributed by atoms with Gasteiger partial charge in [0.1, 0.15) is 0 Å². The average Bonchev–Trinajstić information content (AvgIpc) is 2.57. The monoisotopic (exact) mass is 302 g/mol. The van der Waals surface area contributed by atoms with E-state index in [0.717, 1.165) is 39.1 Å². The topological polar surface area (TPSA) is 41.6 Å². The van der Waals surface area contributed by atoms with Gasteiger partial charge in [0.05, 0.1) is 13.2 Å². The van der Waals surface area contributed by atoms with Crippen molar-refractivity contribution in [3.05, 3.63) is 35.9 Å². The van der Waals surface area contributed by atoms with E-state index in [1.54, 1.807) is 0 Å². The first-order valence-electron chi connectivity index (χ1n) is 8.32. The van der Waals surface area contributed by atoms with Crippen molar-refractivity contribution in [3.8, 4) is 0 Å². The summed E-state index contributed by atoms with van der Waals surface area (Å²) in [5, 5.41) is 3.37. The van der Waals surface area contributed by atoms with Crippen molar-refractivity contribution in [2.45, 2.75) is 37.6 Å². The first-order chi connectivity index (χ1) is 10.7. The normalized spacial score (nSPS) is 29.3. The molecule has 3 rings (SSSR count). The van der Waals surface area contributed by atoms with Crippen molar-refractivity contribution < 1.29 is 9.53 Å². The average molecular weight is 302 g/mol. The molecular formula is C18H26N2O2. The molecule has 0 aliphatic carbocycles. The molecule has 2 aliphatic heterocycles. The van der Waals surface area contributed by atoms with Gasteiger partial charge in [0.25, 0.3) is 0 Å². The zero-order valence-corrected chi connectivity index (χ0v) is 13.4. The van der Waals surface area contributed by atoms with E-state index in [0.29, 0.717) is 13.0 Å². The summed E-state index contributed by atoms with van der Waals surface area (Å²) in [4.78, 5) is 14.7. The lowest BCUT2D eigenvalue weighted by Gasteiger charge is -2.41. The highest BCUT2D eigenvalue weighted by atomic mass is 16.5. The van der Waals surface area contributed by atoms with Crippen LogP contribution in [0.3, 0.4) is 0 Å². The number of benzene rings is 1. The molecule has 0 spiro atoms. The fourth-order valence-corrected chi connectivity index (χ4v) is 3.62. The van der Waals surface area contributed by atoms with Gasteiger partial charge in [-0.15, -0.1) is 0 Å². The minimum absolute atomic E-state index is 0.0751. The molecular weight excluding hydrogens is 276 g/mol. The molecule has 4 nitrogen and oxygen atoms in total. The third kappa shape index (κ3) is 3.50. The van der Waals surface area contributed by atoms with Gasteiger partial charge in [-0.25, -0.2) is 0 Å². The first-order valence-corrected chi connectivity index (χ1v) is 8.32. The maximum Gasteiger partial charge on any atom is 0.224 e. The van der Waals surface area contributed by atoms with Crippen LogP contribution in [0.4, 0.5) is 0 Å². The molecule has 1 aromatic rings. The Morgan fingerprint density at radius 1 is 1.41 bits per heavy atom. The zero-order chi connectivity index (χ0) is 15.4. The van der Waals surface area contributed by atoms with Crippen molar-refractivity contribution in [2.75, 3.05) is 32.8 Å². The van der Waals surface area contributed by atoms with Crippen LogP contribution in [0.15, 0.2) is 30.3 Å². The van der Waals surface area contributed by atoms with Gasteiger partial charge in [-0.05, 0) is 18.4 Å². The van der Waals surface area contributed by atoms with Crippen molar-refractivity contribution in [2.24, 2.45) is 0 Å². The molecule has 0 bridgehead atoms. The molecule has 120 valence electrons. The van der Waals surface area contributed by atoms with Gasteiger partial charge in [-0.2, -0.15) is 0 Å². The summed E-state index contributed by atoms with van der Waals surface area (Å²) in [5.41, 5.74) is 1.41. The van der Waals surface area contributed by atoms with Crippen LogP contribution in [-0.4, -0.2) is 49.7 Å². The Kier molecular flexibility index (Phi) is 4.79. The molecule has 2 aliphatic rings. The summed E-state index contributed by atoms with van der Waals surface area (Å²) in [5.74, 6) is 0.254. The second kappa shape index (κ2) is 6.80. The number of likely N-dealkylation sites (tertiary alicyclic amines) is 1. The van der Waals surface area contributed by atoms with E-state index in [1.807, 2.05) is 11.0 Å². The molecule has 22 heavy (non-hydrogen) atoms. The number of morpholine rings is 1. The highest BCUT2D eigenvalue weighted by molar-refractivity contribution is 5.77. The van der Waals surface area contributed by atoms with E-state index >= 15 is 0 Å². The van der Waals surface area contributed by atoms with E-state index in [9.17, 15) is 4.79 Å². The van der Waals surface area contributed by atoms with Gasteiger partial charge in [-0.3, -0.25) is 4.79 Å². The minimum Gasteiger partial charge on any atom is -0.378 e. The third-order valence-electron chi connectivity index (χ3n) is 4.94. The van der Waals surface area contributed by atoms with Crippen LogP contribution in [0.2, 0.25) is 0 Å². The highest BCUT2D eigenvalue weighted by Gasteiger charge is 2.35. The summed E-state index contributed by atoms with van der Waals surface area (Å²) in [6, 6.07) is 10.8. The van der Waals surface area contributed by atoms with Gasteiger partial charge in [0.15, 0.2) is 0 Å². The Hall–Kier alpha value is -1.39. The Morgan fingerprint density at radius 3 is 2.95 bits per heavy atom. The summed E-state index contributed by atoms with van der Waals surface area (Å²) in [6.45, 7) is 6.23. The fraction of sp³-hybridized carbons (Fsp3) is 0.611. The van der Waals surface area contributed by atoms with E-state index in [2.05, 4.69) is 36.5 Å². The number of carbonyl (C=O) groups is 1. The standard InChI is InChI=1S/C18H26N2O2/c1-18(15-6-3-2-4-7-15)8-5-10-20(14-18)17(21)12-16-13-22-11-9-19-16/h2-4,6-7,16,19H,5,8-14H2,1H3. The molecule has 0 radical (unpaired) electrons. The van der Waals surface area contributed by atoms with Crippen LogP contribution in [0.25, 0.3) is 0 Å². The van der Waals surface area contributed by atoms with Crippen LogP contribution in [0, 0.1) is 0 Å². The predicted molar refractivity (Wildman–Crippen MR) is 86.8 cm³/mol. The number of amides is 1. The molecule has 1 aromatic carbocycles. The summed E-state index contributed by atoms with van der Waals surface area (Å²) >= 11 is 0.